The van der Waals surface area contributed by atoms with E-state index in [0.717, 1.165) is 24.9 Å². The number of nitrogens with zero attached hydrogens (tertiary/aromatic N) is 5. The Labute approximate surface area is 142 Å². The summed E-state index contributed by atoms with van der Waals surface area (Å²) in [7, 11) is 0. The van der Waals surface area contributed by atoms with Gasteiger partial charge >= 0.3 is 0 Å². The molecule has 6 nitrogen and oxygen atoms in total. The Bertz CT molecular complexity index is 692. The Morgan fingerprint density at radius 2 is 2.00 bits per heavy atom. The summed E-state index contributed by atoms with van der Waals surface area (Å²) in [6.45, 7) is 7.42. The summed E-state index contributed by atoms with van der Waals surface area (Å²) in [5.41, 5.74) is 2.20. The number of rotatable bonds is 4. The third-order valence-corrected chi connectivity index (χ3v) is 4.69. The first-order chi connectivity index (χ1) is 11.5. The number of likely N-dealkylation sites (tertiary alicyclic amines) is 1. The average Bonchev–Trinajstić information content (AvgIpc) is 3.03. The van der Waals surface area contributed by atoms with Gasteiger partial charge in [0, 0.05) is 18.2 Å². The zero-order chi connectivity index (χ0) is 17.1. The van der Waals surface area contributed by atoms with Crippen molar-refractivity contribution in [2.24, 2.45) is 0 Å². The predicted molar refractivity (Wildman–Crippen MR) is 92.4 cm³/mol. The number of amides is 1. The number of carbonyl (C=O) groups is 1. The molecule has 128 valence electrons. The Morgan fingerprint density at radius 3 is 2.67 bits per heavy atom. The third-order valence-electron chi connectivity index (χ3n) is 4.69. The molecule has 24 heavy (non-hydrogen) atoms. The molecule has 2 heterocycles. The van der Waals surface area contributed by atoms with E-state index in [1.165, 1.54) is 16.8 Å². The fourth-order valence-electron chi connectivity index (χ4n) is 3.12. The lowest BCUT2D eigenvalue weighted by atomic mass is 10.0. The highest BCUT2D eigenvalue weighted by Crippen LogP contribution is 2.20. The normalized spacial score (nSPS) is 18.2. The summed E-state index contributed by atoms with van der Waals surface area (Å²) < 4.78 is 0. The number of benzene rings is 1. The van der Waals surface area contributed by atoms with Crippen molar-refractivity contribution >= 4 is 5.91 Å². The lowest BCUT2D eigenvalue weighted by molar-refractivity contribution is -0.135. The van der Waals surface area contributed by atoms with Crippen LogP contribution in [0.25, 0.3) is 11.4 Å². The number of carbonyl (C=O) groups excluding carboxylic acids is 1. The Hall–Kier alpha value is -2.24. The lowest BCUT2D eigenvalue weighted by Gasteiger charge is -2.33. The Morgan fingerprint density at radius 1 is 1.25 bits per heavy atom. The van der Waals surface area contributed by atoms with E-state index in [9.17, 15) is 4.79 Å². The fraction of sp³-hybridized carbons (Fsp3) is 0.556. The van der Waals surface area contributed by atoms with Gasteiger partial charge in [-0.2, -0.15) is 4.80 Å². The first-order valence-corrected chi connectivity index (χ1v) is 8.72. The summed E-state index contributed by atoms with van der Waals surface area (Å²) in [5, 5.41) is 12.5. The van der Waals surface area contributed by atoms with E-state index in [0.29, 0.717) is 17.8 Å². The van der Waals surface area contributed by atoms with Gasteiger partial charge in [-0.25, -0.2) is 0 Å². The van der Waals surface area contributed by atoms with Crippen molar-refractivity contribution in [1.82, 2.24) is 25.1 Å². The van der Waals surface area contributed by atoms with E-state index in [1.54, 1.807) is 0 Å². The maximum Gasteiger partial charge on any atom is 0.246 e. The molecular formula is C18H25N5O. The van der Waals surface area contributed by atoms with Crippen LogP contribution in [0.4, 0.5) is 0 Å². The van der Waals surface area contributed by atoms with Gasteiger partial charge in [-0.3, -0.25) is 4.79 Å². The topological polar surface area (TPSA) is 63.9 Å². The minimum absolute atomic E-state index is 0.0707. The van der Waals surface area contributed by atoms with E-state index in [4.69, 9.17) is 0 Å². The monoisotopic (exact) mass is 327 g/mol. The number of tetrazole rings is 1. The first-order valence-electron chi connectivity index (χ1n) is 8.72. The summed E-state index contributed by atoms with van der Waals surface area (Å²) in [6, 6.07) is 8.48. The zero-order valence-corrected chi connectivity index (χ0v) is 14.6. The molecular weight excluding hydrogens is 302 g/mol. The molecule has 3 rings (SSSR count). The maximum absolute atomic E-state index is 12.4. The molecule has 1 unspecified atom stereocenters. The highest BCUT2D eigenvalue weighted by Gasteiger charge is 2.23. The number of hydrogen-bond acceptors (Lipinski definition) is 4. The van der Waals surface area contributed by atoms with E-state index >= 15 is 0 Å². The lowest BCUT2D eigenvalue weighted by Crippen LogP contribution is -2.43. The second-order valence-electron chi connectivity index (χ2n) is 6.85. The third kappa shape index (κ3) is 3.63. The second kappa shape index (κ2) is 7.11. The molecule has 2 aromatic rings. The van der Waals surface area contributed by atoms with E-state index in [2.05, 4.69) is 48.3 Å². The Kier molecular flexibility index (Phi) is 4.92. The van der Waals surface area contributed by atoms with Crippen molar-refractivity contribution in [1.29, 1.82) is 0 Å². The molecule has 0 radical (unpaired) electrons. The molecule has 1 aliphatic rings. The molecule has 0 saturated carbocycles. The standard InChI is InChI=1S/C18H25N5O/c1-13(2)15-7-9-16(10-8-15)18-19-21-23(20-18)12-17(24)22-11-5-4-6-14(22)3/h7-10,13-14H,4-6,11-12H2,1-3H3. The van der Waals surface area contributed by atoms with Crippen LogP contribution in [0.1, 0.15) is 51.5 Å². The molecule has 0 spiro atoms. The van der Waals surface area contributed by atoms with Gasteiger partial charge in [-0.15, -0.1) is 10.2 Å². The van der Waals surface area contributed by atoms with Crippen LogP contribution >= 0.6 is 0 Å². The minimum atomic E-state index is 0.0707. The highest BCUT2D eigenvalue weighted by atomic mass is 16.2. The van der Waals surface area contributed by atoms with Crippen LogP contribution in [-0.2, 0) is 11.3 Å². The molecule has 6 heteroatoms. The van der Waals surface area contributed by atoms with Crippen LogP contribution in [0.3, 0.4) is 0 Å². The maximum atomic E-state index is 12.4. The smallest absolute Gasteiger partial charge is 0.246 e. The van der Waals surface area contributed by atoms with Gasteiger partial charge in [-0.05, 0) is 42.9 Å². The van der Waals surface area contributed by atoms with Crippen molar-refractivity contribution < 1.29 is 4.79 Å². The van der Waals surface area contributed by atoms with Crippen LogP contribution in [0.2, 0.25) is 0 Å². The predicted octanol–water partition coefficient (Wildman–Crippen LogP) is 2.86. The van der Waals surface area contributed by atoms with Crippen molar-refractivity contribution in [3.63, 3.8) is 0 Å². The zero-order valence-electron chi connectivity index (χ0n) is 14.6. The minimum Gasteiger partial charge on any atom is -0.338 e. The van der Waals surface area contributed by atoms with Crippen molar-refractivity contribution in [3.05, 3.63) is 29.8 Å². The van der Waals surface area contributed by atoms with Crippen molar-refractivity contribution in [2.45, 2.75) is 58.5 Å². The van der Waals surface area contributed by atoms with E-state index < -0.39 is 0 Å². The molecule has 1 aromatic carbocycles. The van der Waals surface area contributed by atoms with Gasteiger partial charge in [0.05, 0.1) is 0 Å². The van der Waals surface area contributed by atoms with Gasteiger partial charge in [-0.1, -0.05) is 38.1 Å². The second-order valence-corrected chi connectivity index (χ2v) is 6.85. The number of piperidine rings is 1. The van der Waals surface area contributed by atoms with Crippen molar-refractivity contribution in [3.8, 4) is 11.4 Å². The molecule has 1 fully saturated rings. The number of aromatic nitrogens is 4. The van der Waals surface area contributed by atoms with E-state index in [1.807, 2.05) is 17.0 Å². The average molecular weight is 327 g/mol. The van der Waals surface area contributed by atoms with Gasteiger partial charge < -0.3 is 4.90 Å². The van der Waals surface area contributed by atoms with Crippen LogP contribution in [0.15, 0.2) is 24.3 Å². The summed E-state index contributed by atoms with van der Waals surface area (Å²) in [6.07, 6.45) is 3.35. The summed E-state index contributed by atoms with van der Waals surface area (Å²) >= 11 is 0. The molecule has 1 aromatic heterocycles. The molecule has 1 saturated heterocycles. The fourth-order valence-corrected chi connectivity index (χ4v) is 3.12. The molecule has 1 aliphatic heterocycles. The largest absolute Gasteiger partial charge is 0.338 e. The van der Waals surface area contributed by atoms with Crippen LogP contribution in [0.5, 0.6) is 0 Å². The summed E-state index contributed by atoms with van der Waals surface area (Å²) in [5.74, 6) is 1.12. The number of hydrogen-bond donors (Lipinski definition) is 0. The van der Waals surface area contributed by atoms with E-state index in [-0.39, 0.29) is 12.5 Å². The van der Waals surface area contributed by atoms with Gasteiger partial charge in [0.1, 0.15) is 6.54 Å². The quantitative estimate of drug-likeness (QED) is 0.866. The highest BCUT2D eigenvalue weighted by molar-refractivity contribution is 5.76. The Balaban J connectivity index is 1.67. The SMILES string of the molecule is CC(C)c1ccc(-c2nnn(CC(=O)N3CCCCC3C)n2)cc1. The molecule has 0 N–H and O–H groups in total. The van der Waals surface area contributed by atoms with Crippen LogP contribution in [-0.4, -0.2) is 43.6 Å². The molecule has 0 bridgehead atoms. The van der Waals surface area contributed by atoms with Gasteiger partial charge in [0.15, 0.2) is 0 Å². The van der Waals surface area contributed by atoms with Crippen LogP contribution in [0, 0.1) is 0 Å². The molecule has 0 aliphatic carbocycles. The van der Waals surface area contributed by atoms with Gasteiger partial charge in [0.2, 0.25) is 11.7 Å². The molecule has 1 atom stereocenters. The first kappa shape index (κ1) is 16.6. The van der Waals surface area contributed by atoms with Gasteiger partial charge in [0.25, 0.3) is 0 Å². The van der Waals surface area contributed by atoms with Crippen LogP contribution < -0.4 is 0 Å². The van der Waals surface area contributed by atoms with Crippen molar-refractivity contribution in [2.75, 3.05) is 6.54 Å². The molecule has 1 amide bonds. The summed E-state index contributed by atoms with van der Waals surface area (Å²) in [4.78, 5) is 15.8.